The lowest BCUT2D eigenvalue weighted by atomic mass is 10.1. The molecule has 0 aromatic heterocycles. The average molecular weight is 241 g/mol. The predicted octanol–water partition coefficient (Wildman–Crippen LogP) is 1.81. The van der Waals surface area contributed by atoms with Gasteiger partial charge in [0, 0.05) is 23.8 Å². The van der Waals surface area contributed by atoms with Gasteiger partial charge in [0.15, 0.2) is 0 Å². The Morgan fingerprint density at radius 2 is 2.25 bits per heavy atom. The maximum atomic E-state index is 6.13. The highest BCUT2D eigenvalue weighted by Crippen LogP contribution is 2.29. The van der Waals surface area contributed by atoms with Gasteiger partial charge >= 0.3 is 0 Å². The van der Waals surface area contributed by atoms with Crippen LogP contribution >= 0.6 is 11.6 Å². The van der Waals surface area contributed by atoms with Crippen LogP contribution in [-0.2, 0) is 4.74 Å². The molecule has 1 heterocycles. The number of hydrogen-bond donors (Lipinski definition) is 1. The first-order valence-corrected chi connectivity index (χ1v) is 5.91. The molecule has 0 radical (unpaired) electrons. The van der Waals surface area contributed by atoms with E-state index in [9.17, 15) is 0 Å². The van der Waals surface area contributed by atoms with Crippen molar-refractivity contribution in [1.82, 2.24) is 0 Å². The molecule has 0 amide bonds. The Morgan fingerprint density at radius 1 is 1.50 bits per heavy atom. The van der Waals surface area contributed by atoms with Crippen LogP contribution in [0.2, 0.25) is 5.02 Å². The monoisotopic (exact) mass is 240 g/mol. The summed E-state index contributed by atoms with van der Waals surface area (Å²) < 4.78 is 5.24. The Hall–Kier alpha value is -0.770. The number of rotatable bonds is 4. The zero-order valence-corrected chi connectivity index (χ0v) is 10.2. The second-order valence-corrected chi connectivity index (χ2v) is 4.46. The summed E-state index contributed by atoms with van der Waals surface area (Å²) >= 11 is 6.13. The zero-order chi connectivity index (χ0) is 11.5. The molecule has 0 aliphatic carbocycles. The Balaban J connectivity index is 2.26. The topological polar surface area (TPSA) is 38.5 Å². The van der Waals surface area contributed by atoms with Gasteiger partial charge in [0.25, 0.3) is 0 Å². The van der Waals surface area contributed by atoms with Crippen LogP contribution in [0, 0.1) is 6.92 Å². The fourth-order valence-corrected chi connectivity index (χ4v) is 2.12. The summed E-state index contributed by atoms with van der Waals surface area (Å²) in [5, 5.41) is 0.805. The van der Waals surface area contributed by atoms with Gasteiger partial charge < -0.3 is 15.4 Å². The van der Waals surface area contributed by atoms with E-state index in [0.29, 0.717) is 12.6 Å². The zero-order valence-electron chi connectivity index (χ0n) is 9.45. The highest BCUT2D eigenvalue weighted by Gasteiger charge is 2.26. The third-order valence-electron chi connectivity index (χ3n) is 2.98. The van der Waals surface area contributed by atoms with Crippen LogP contribution in [0.5, 0.6) is 0 Å². The smallest absolute Gasteiger partial charge is 0.0757 e. The largest absolute Gasteiger partial charge is 0.377 e. The van der Waals surface area contributed by atoms with Crippen molar-refractivity contribution >= 4 is 17.3 Å². The molecule has 0 bridgehead atoms. The first-order chi connectivity index (χ1) is 7.74. The van der Waals surface area contributed by atoms with Crippen LogP contribution in [0.3, 0.4) is 0 Å². The van der Waals surface area contributed by atoms with E-state index >= 15 is 0 Å². The predicted molar refractivity (Wildman–Crippen MR) is 67.2 cm³/mol. The van der Waals surface area contributed by atoms with E-state index in [0.717, 1.165) is 30.3 Å². The van der Waals surface area contributed by atoms with Gasteiger partial charge in [0.05, 0.1) is 19.3 Å². The molecule has 1 aliphatic rings. The molecule has 2 rings (SSSR count). The van der Waals surface area contributed by atoms with E-state index in [1.54, 1.807) is 0 Å². The van der Waals surface area contributed by atoms with Crippen molar-refractivity contribution < 1.29 is 4.74 Å². The highest BCUT2D eigenvalue weighted by molar-refractivity contribution is 6.31. The number of nitrogens with two attached hydrogens (primary N) is 1. The highest BCUT2D eigenvalue weighted by atomic mass is 35.5. The van der Waals surface area contributed by atoms with Crippen molar-refractivity contribution in [1.29, 1.82) is 0 Å². The summed E-state index contributed by atoms with van der Waals surface area (Å²) in [7, 11) is 0. The molecule has 1 fully saturated rings. The fraction of sp³-hybridized carbons (Fsp3) is 0.500. The fourth-order valence-electron chi connectivity index (χ4n) is 1.95. The van der Waals surface area contributed by atoms with Crippen molar-refractivity contribution in [3.8, 4) is 0 Å². The van der Waals surface area contributed by atoms with E-state index in [1.807, 2.05) is 19.1 Å². The second kappa shape index (κ2) is 5.04. The van der Waals surface area contributed by atoms with E-state index in [2.05, 4.69) is 11.0 Å². The molecule has 0 unspecified atom stereocenters. The molecule has 1 aromatic carbocycles. The summed E-state index contributed by atoms with van der Waals surface area (Å²) in [6.07, 6.45) is 0. The van der Waals surface area contributed by atoms with Crippen molar-refractivity contribution in [2.45, 2.75) is 13.0 Å². The van der Waals surface area contributed by atoms with E-state index in [4.69, 9.17) is 22.1 Å². The van der Waals surface area contributed by atoms with Crippen LogP contribution < -0.4 is 10.6 Å². The summed E-state index contributed by atoms with van der Waals surface area (Å²) in [6, 6.07) is 6.43. The molecule has 0 atom stereocenters. The first kappa shape index (κ1) is 11.7. The lowest BCUT2D eigenvalue weighted by Gasteiger charge is -2.39. The van der Waals surface area contributed by atoms with Gasteiger partial charge in [-0.05, 0) is 24.6 Å². The summed E-state index contributed by atoms with van der Waals surface area (Å²) in [5.74, 6) is 0. The second-order valence-electron chi connectivity index (χ2n) is 4.06. The molecule has 16 heavy (non-hydrogen) atoms. The average Bonchev–Trinajstić information content (AvgIpc) is 2.19. The number of nitrogens with zero attached hydrogens (tertiary/aromatic N) is 1. The van der Waals surface area contributed by atoms with Crippen molar-refractivity contribution in [3.05, 3.63) is 28.8 Å². The number of hydrogen-bond acceptors (Lipinski definition) is 3. The van der Waals surface area contributed by atoms with E-state index in [-0.39, 0.29) is 0 Å². The van der Waals surface area contributed by atoms with Crippen molar-refractivity contribution in [3.63, 3.8) is 0 Å². The van der Waals surface area contributed by atoms with Gasteiger partial charge in [-0.2, -0.15) is 0 Å². The van der Waals surface area contributed by atoms with Gasteiger partial charge in [-0.15, -0.1) is 0 Å². The van der Waals surface area contributed by atoms with Crippen LogP contribution in [0.4, 0.5) is 5.69 Å². The molecule has 0 saturated carbocycles. The number of benzene rings is 1. The molecule has 4 heteroatoms. The number of halogens is 1. The van der Waals surface area contributed by atoms with Gasteiger partial charge in [-0.1, -0.05) is 17.7 Å². The van der Waals surface area contributed by atoms with E-state index < -0.39 is 0 Å². The molecule has 1 aliphatic heterocycles. The third-order valence-corrected chi connectivity index (χ3v) is 3.39. The molecule has 1 saturated heterocycles. The van der Waals surface area contributed by atoms with Gasteiger partial charge in [0.1, 0.15) is 0 Å². The molecule has 3 nitrogen and oxygen atoms in total. The molecular weight excluding hydrogens is 224 g/mol. The lowest BCUT2D eigenvalue weighted by molar-refractivity contribution is 0.00828. The van der Waals surface area contributed by atoms with Crippen LogP contribution in [0.1, 0.15) is 5.56 Å². The lowest BCUT2D eigenvalue weighted by Crippen LogP contribution is -2.51. The first-order valence-electron chi connectivity index (χ1n) is 5.53. The van der Waals surface area contributed by atoms with Crippen molar-refractivity contribution in [2.24, 2.45) is 5.73 Å². The molecular formula is C12H17ClN2O. The maximum absolute atomic E-state index is 6.13. The van der Waals surface area contributed by atoms with Crippen LogP contribution in [0.25, 0.3) is 0 Å². The van der Waals surface area contributed by atoms with Gasteiger partial charge in [-0.3, -0.25) is 0 Å². The van der Waals surface area contributed by atoms with Gasteiger partial charge in [0.2, 0.25) is 0 Å². The summed E-state index contributed by atoms with van der Waals surface area (Å²) in [6.45, 7) is 5.09. The quantitative estimate of drug-likeness (QED) is 0.873. The Bertz CT molecular complexity index is 366. The molecule has 2 N–H and O–H groups in total. The minimum atomic E-state index is 0.445. The van der Waals surface area contributed by atoms with Crippen molar-refractivity contribution in [2.75, 3.05) is 31.2 Å². The Kier molecular flexibility index (Phi) is 3.69. The van der Waals surface area contributed by atoms with E-state index in [1.165, 1.54) is 5.69 Å². The molecule has 1 aromatic rings. The maximum Gasteiger partial charge on any atom is 0.0757 e. The molecule has 0 spiro atoms. The number of anilines is 1. The number of ether oxygens (including phenoxy) is 1. The third kappa shape index (κ3) is 2.17. The van der Waals surface area contributed by atoms with Crippen LogP contribution in [0.15, 0.2) is 18.2 Å². The Labute approximate surface area is 101 Å². The van der Waals surface area contributed by atoms with Crippen LogP contribution in [-0.4, -0.2) is 32.3 Å². The SMILES string of the molecule is Cc1c(Cl)cccc1N(CCN)C1COC1. The van der Waals surface area contributed by atoms with Gasteiger partial charge in [-0.25, -0.2) is 0 Å². The standard InChI is InChI=1S/C12H17ClN2O/c1-9-11(13)3-2-4-12(9)15(6-5-14)10-7-16-8-10/h2-4,10H,5-8,14H2,1H3. The normalized spacial score (nSPS) is 15.9. The minimum absolute atomic E-state index is 0.445. The molecule has 88 valence electrons. The summed E-state index contributed by atoms with van der Waals surface area (Å²) in [5.41, 5.74) is 7.94. The minimum Gasteiger partial charge on any atom is -0.377 e. The summed E-state index contributed by atoms with van der Waals surface area (Å²) in [4.78, 5) is 2.30. The Morgan fingerprint density at radius 3 is 2.81 bits per heavy atom.